The number of carbonyl (C=O) groups excluding carboxylic acids is 1. The van der Waals surface area contributed by atoms with Crippen LogP contribution in [0.4, 0.5) is 5.82 Å². The minimum atomic E-state index is -0.180. The Labute approximate surface area is 198 Å². The number of Topliss-reactive ketones (excluding diaryl/α,β-unsaturated/α-hetero) is 1. The number of nitrogens with zero attached hydrogens (tertiary/aromatic N) is 2. The largest absolute Gasteiger partial charge is 0.363 e. The van der Waals surface area contributed by atoms with Crippen molar-refractivity contribution < 1.29 is 4.79 Å². The van der Waals surface area contributed by atoms with Gasteiger partial charge in [-0.3, -0.25) is 4.79 Å². The third kappa shape index (κ3) is 4.23. The van der Waals surface area contributed by atoms with Crippen molar-refractivity contribution in [2.45, 2.75) is 84.2 Å². The van der Waals surface area contributed by atoms with E-state index in [1.54, 1.807) is 6.20 Å². The van der Waals surface area contributed by atoms with Crippen molar-refractivity contribution in [3.05, 3.63) is 82.5 Å². The summed E-state index contributed by atoms with van der Waals surface area (Å²) in [6.45, 7) is 13.1. The van der Waals surface area contributed by atoms with Crippen molar-refractivity contribution in [2.75, 3.05) is 5.32 Å². The lowest BCUT2D eigenvalue weighted by Crippen LogP contribution is -2.38. The van der Waals surface area contributed by atoms with Gasteiger partial charge in [-0.1, -0.05) is 62.4 Å². The summed E-state index contributed by atoms with van der Waals surface area (Å²) < 4.78 is 2.01. The van der Waals surface area contributed by atoms with E-state index in [0.717, 1.165) is 25.1 Å². The molecule has 0 fully saturated rings. The summed E-state index contributed by atoms with van der Waals surface area (Å²) in [4.78, 5) is 13.8. The van der Waals surface area contributed by atoms with E-state index in [-0.39, 0.29) is 22.8 Å². The second-order valence-corrected chi connectivity index (χ2v) is 10.3. The molecule has 4 nitrogen and oxygen atoms in total. The quantitative estimate of drug-likeness (QED) is 0.395. The van der Waals surface area contributed by atoms with Gasteiger partial charge in [0, 0.05) is 11.8 Å². The summed E-state index contributed by atoms with van der Waals surface area (Å²) in [5.41, 5.74) is 5.43. The number of nitrogens with one attached hydrogen (secondary N) is 1. The van der Waals surface area contributed by atoms with Crippen LogP contribution in [0.5, 0.6) is 0 Å². The van der Waals surface area contributed by atoms with E-state index in [9.17, 15) is 4.79 Å². The Morgan fingerprint density at radius 3 is 2.42 bits per heavy atom. The van der Waals surface area contributed by atoms with Gasteiger partial charge in [-0.2, -0.15) is 5.10 Å². The normalized spacial score (nSPS) is 17.3. The van der Waals surface area contributed by atoms with E-state index >= 15 is 0 Å². The first kappa shape index (κ1) is 23.3. The van der Waals surface area contributed by atoms with Crippen LogP contribution in [-0.4, -0.2) is 15.6 Å². The molecule has 0 amide bonds. The van der Waals surface area contributed by atoms with Crippen LogP contribution < -0.4 is 5.32 Å². The first-order valence-electron chi connectivity index (χ1n) is 12.2. The van der Waals surface area contributed by atoms with Crippen molar-refractivity contribution >= 4 is 11.6 Å². The number of hydrogen-bond acceptors (Lipinski definition) is 3. The highest BCUT2D eigenvalue weighted by molar-refractivity contribution is 6.01. The molecule has 4 heteroatoms. The van der Waals surface area contributed by atoms with Gasteiger partial charge in [-0.25, -0.2) is 4.68 Å². The van der Waals surface area contributed by atoms with Gasteiger partial charge in [-0.05, 0) is 69.2 Å². The Balaban J connectivity index is 1.68. The zero-order valence-electron chi connectivity index (χ0n) is 20.9. The fourth-order valence-corrected chi connectivity index (χ4v) is 5.32. The van der Waals surface area contributed by atoms with Gasteiger partial charge in [0.2, 0.25) is 0 Å². The van der Waals surface area contributed by atoms with Gasteiger partial charge >= 0.3 is 0 Å². The third-order valence-corrected chi connectivity index (χ3v) is 7.83. The SMILES string of the molecule is CCC(CC)(CC(=O)c1cnn2c1NC(c1ccccc1)CC2(C)C)c1ccc(C)c(C)c1. The molecular weight excluding hydrogens is 406 g/mol. The monoisotopic (exact) mass is 443 g/mol. The lowest BCUT2D eigenvalue weighted by Gasteiger charge is -2.38. The Morgan fingerprint density at radius 2 is 1.79 bits per heavy atom. The molecule has 1 aliphatic heterocycles. The lowest BCUT2D eigenvalue weighted by atomic mass is 9.71. The van der Waals surface area contributed by atoms with Crippen LogP contribution in [0.15, 0.2) is 54.7 Å². The van der Waals surface area contributed by atoms with Gasteiger partial charge in [0.1, 0.15) is 5.82 Å². The lowest BCUT2D eigenvalue weighted by molar-refractivity contribution is 0.0944. The molecule has 0 bridgehead atoms. The fraction of sp³-hybridized carbons (Fsp3) is 0.448. The van der Waals surface area contributed by atoms with Crippen molar-refractivity contribution in [3.63, 3.8) is 0 Å². The summed E-state index contributed by atoms with van der Waals surface area (Å²) >= 11 is 0. The van der Waals surface area contributed by atoms with Crippen LogP contribution in [0, 0.1) is 13.8 Å². The number of fused-ring (bicyclic) bond motifs is 1. The van der Waals surface area contributed by atoms with Crippen LogP contribution >= 0.6 is 0 Å². The maximum Gasteiger partial charge on any atom is 0.169 e. The maximum atomic E-state index is 13.8. The highest BCUT2D eigenvalue weighted by Gasteiger charge is 2.38. The van der Waals surface area contributed by atoms with E-state index in [2.05, 4.69) is 94.4 Å². The molecule has 1 atom stereocenters. The molecule has 174 valence electrons. The zero-order valence-corrected chi connectivity index (χ0v) is 20.9. The smallest absolute Gasteiger partial charge is 0.169 e. The highest BCUT2D eigenvalue weighted by atomic mass is 16.1. The van der Waals surface area contributed by atoms with Gasteiger partial charge in [-0.15, -0.1) is 0 Å². The van der Waals surface area contributed by atoms with Gasteiger partial charge in [0.05, 0.1) is 23.3 Å². The first-order valence-corrected chi connectivity index (χ1v) is 12.2. The summed E-state index contributed by atoms with van der Waals surface area (Å²) in [6, 6.07) is 17.3. The molecule has 0 aliphatic carbocycles. The van der Waals surface area contributed by atoms with Gasteiger partial charge in [0.25, 0.3) is 0 Å². The van der Waals surface area contributed by atoms with Crippen molar-refractivity contribution in [3.8, 4) is 0 Å². The van der Waals surface area contributed by atoms with Crippen LogP contribution in [0.2, 0.25) is 0 Å². The predicted molar refractivity (Wildman–Crippen MR) is 136 cm³/mol. The summed E-state index contributed by atoms with van der Waals surface area (Å²) in [5.74, 6) is 1.02. The van der Waals surface area contributed by atoms with Gasteiger partial charge < -0.3 is 5.32 Å². The van der Waals surface area contributed by atoms with E-state index < -0.39 is 0 Å². The molecule has 2 aromatic carbocycles. The number of carbonyl (C=O) groups is 1. The molecule has 0 radical (unpaired) electrons. The first-order chi connectivity index (χ1) is 15.7. The molecule has 1 unspecified atom stereocenters. The third-order valence-electron chi connectivity index (χ3n) is 7.83. The molecule has 33 heavy (non-hydrogen) atoms. The molecular formula is C29H37N3O. The second-order valence-electron chi connectivity index (χ2n) is 10.3. The number of rotatable bonds is 7. The maximum absolute atomic E-state index is 13.8. The van der Waals surface area contributed by atoms with E-state index in [0.29, 0.717) is 12.0 Å². The number of benzene rings is 2. The topological polar surface area (TPSA) is 46.9 Å². The number of hydrogen-bond donors (Lipinski definition) is 1. The Hall–Kier alpha value is -2.88. The van der Waals surface area contributed by atoms with Crippen LogP contribution in [0.25, 0.3) is 0 Å². The predicted octanol–water partition coefficient (Wildman–Crippen LogP) is 7.12. The molecule has 0 spiro atoms. The molecule has 3 aromatic rings. The van der Waals surface area contributed by atoms with E-state index in [1.165, 1.54) is 22.3 Å². The number of anilines is 1. The molecule has 1 aliphatic rings. The van der Waals surface area contributed by atoms with Gasteiger partial charge in [0.15, 0.2) is 5.78 Å². The summed E-state index contributed by atoms with van der Waals surface area (Å²) in [5, 5.41) is 8.33. The Bertz CT molecular complexity index is 1140. The molecule has 4 rings (SSSR count). The second kappa shape index (κ2) is 8.81. The van der Waals surface area contributed by atoms with Crippen molar-refractivity contribution in [2.24, 2.45) is 0 Å². The minimum absolute atomic E-state index is 0.152. The van der Waals surface area contributed by atoms with E-state index in [1.807, 2.05) is 10.7 Å². The van der Waals surface area contributed by atoms with Crippen molar-refractivity contribution in [1.82, 2.24) is 9.78 Å². The minimum Gasteiger partial charge on any atom is -0.363 e. The van der Waals surface area contributed by atoms with Crippen LogP contribution in [0.1, 0.15) is 92.0 Å². The molecule has 0 saturated heterocycles. The summed E-state index contributed by atoms with van der Waals surface area (Å²) in [7, 11) is 0. The van der Waals surface area contributed by atoms with E-state index in [4.69, 9.17) is 0 Å². The number of aromatic nitrogens is 2. The zero-order chi connectivity index (χ0) is 23.8. The Morgan fingerprint density at radius 1 is 1.09 bits per heavy atom. The molecule has 0 saturated carbocycles. The number of ketones is 1. The molecule has 1 aromatic heterocycles. The molecule has 1 N–H and O–H groups in total. The van der Waals surface area contributed by atoms with Crippen molar-refractivity contribution in [1.29, 1.82) is 0 Å². The average Bonchev–Trinajstić information content (AvgIpc) is 3.25. The van der Waals surface area contributed by atoms with Crippen LogP contribution in [0.3, 0.4) is 0 Å². The number of aryl methyl sites for hydroxylation is 2. The standard InChI is InChI=1S/C29H37N3O/c1-7-29(8-2,23-15-14-20(3)21(4)16-23)18-26(33)24-19-30-32-27(24)31-25(17-28(32,5)6)22-12-10-9-11-13-22/h9-16,19,25,31H,7-8,17-18H2,1-6H3. The summed E-state index contributed by atoms with van der Waals surface area (Å²) in [6.07, 6.45) is 5.02. The highest BCUT2D eigenvalue weighted by Crippen LogP contribution is 2.42. The fourth-order valence-electron chi connectivity index (χ4n) is 5.32. The Kier molecular flexibility index (Phi) is 6.22. The van der Waals surface area contributed by atoms with Crippen LogP contribution in [-0.2, 0) is 11.0 Å². The average molecular weight is 444 g/mol. The molecule has 2 heterocycles.